The van der Waals surface area contributed by atoms with Gasteiger partial charge in [0.05, 0.1) is 6.20 Å². The highest BCUT2D eigenvalue weighted by Gasteiger charge is 2.48. The van der Waals surface area contributed by atoms with Crippen LogP contribution in [0.3, 0.4) is 0 Å². The van der Waals surface area contributed by atoms with Crippen LogP contribution in [0.4, 0.5) is 0 Å². The molecular weight excluding hydrogens is 174 g/mol. The Morgan fingerprint density at radius 2 is 2.36 bits per heavy atom. The molecule has 2 N–H and O–H groups in total. The Balaban J connectivity index is 1.94. The second kappa shape index (κ2) is 2.83. The summed E-state index contributed by atoms with van der Waals surface area (Å²) >= 11 is 0. The molecule has 3 nitrogen and oxygen atoms in total. The van der Waals surface area contributed by atoms with Crippen LogP contribution >= 0.6 is 0 Å². The highest BCUT2D eigenvalue weighted by molar-refractivity contribution is 5.25. The predicted octanol–water partition coefficient (Wildman–Crippen LogP) is 1.58. The summed E-state index contributed by atoms with van der Waals surface area (Å²) in [4.78, 5) is 0. The van der Waals surface area contributed by atoms with Gasteiger partial charge in [-0.1, -0.05) is 6.42 Å². The van der Waals surface area contributed by atoms with E-state index in [4.69, 9.17) is 0 Å². The first kappa shape index (κ1) is 8.48. The minimum atomic E-state index is 0.567. The van der Waals surface area contributed by atoms with Crippen LogP contribution < -0.4 is 5.32 Å². The molecule has 0 aromatic carbocycles. The van der Waals surface area contributed by atoms with Crippen LogP contribution in [0.25, 0.3) is 0 Å². The van der Waals surface area contributed by atoms with Crippen molar-refractivity contribution >= 4 is 0 Å². The third-order valence-corrected chi connectivity index (χ3v) is 4.13. The van der Waals surface area contributed by atoms with Crippen molar-refractivity contribution in [2.75, 3.05) is 13.1 Å². The summed E-state index contributed by atoms with van der Waals surface area (Å²) in [5.74, 6) is 0.679. The SMILES string of the molecule is Cc1cn[nH]c1[C@H]1CNCC12CCC2. The smallest absolute Gasteiger partial charge is 0.0519 e. The van der Waals surface area contributed by atoms with Crippen LogP contribution in [-0.4, -0.2) is 23.3 Å². The largest absolute Gasteiger partial charge is 0.315 e. The second-order valence-corrected chi connectivity index (χ2v) is 4.87. The van der Waals surface area contributed by atoms with Crippen LogP contribution in [0.1, 0.15) is 36.4 Å². The van der Waals surface area contributed by atoms with Gasteiger partial charge in [-0.25, -0.2) is 0 Å². The lowest BCUT2D eigenvalue weighted by Gasteiger charge is -2.42. The molecule has 3 heteroatoms. The van der Waals surface area contributed by atoms with Crippen molar-refractivity contribution in [2.24, 2.45) is 5.41 Å². The Hall–Kier alpha value is -0.830. The van der Waals surface area contributed by atoms with Gasteiger partial charge in [-0.3, -0.25) is 5.10 Å². The molecule has 1 saturated carbocycles. The molecule has 2 heterocycles. The first-order valence-electron chi connectivity index (χ1n) is 5.52. The maximum atomic E-state index is 4.14. The molecule has 1 aliphatic heterocycles. The Bertz CT molecular complexity index is 338. The first-order valence-corrected chi connectivity index (χ1v) is 5.52. The van der Waals surface area contributed by atoms with E-state index >= 15 is 0 Å². The van der Waals surface area contributed by atoms with Gasteiger partial charge in [0.1, 0.15) is 0 Å². The summed E-state index contributed by atoms with van der Waals surface area (Å²) in [5.41, 5.74) is 3.26. The van der Waals surface area contributed by atoms with E-state index in [2.05, 4.69) is 22.4 Å². The topological polar surface area (TPSA) is 40.7 Å². The minimum absolute atomic E-state index is 0.567. The molecule has 0 amide bonds. The fourth-order valence-corrected chi connectivity index (χ4v) is 3.08. The molecule has 0 bridgehead atoms. The van der Waals surface area contributed by atoms with Crippen molar-refractivity contribution in [3.8, 4) is 0 Å². The molecule has 2 aliphatic rings. The van der Waals surface area contributed by atoms with Gasteiger partial charge in [0, 0.05) is 24.7 Å². The Morgan fingerprint density at radius 3 is 2.93 bits per heavy atom. The lowest BCUT2D eigenvalue weighted by atomic mass is 9.62. The zero-order valence-electron chi connectivity index (χ0n) is 8.64. The summed E-state index contributed by atoms with van der Waals surface area (Å²) in [7, 11) is 0. The molecule has 1 atom stereocenters. The fourth-order valence-electron chi connectivity index (χ4n) is 3.08. The molecule has 0 unspecified atom stereocenters. The maximum Gasteiger partial charge on any atom is 0.0519 e. The summed E-state index contributed by atoms with van der Waals surface area (Å²) in [6, 6.07) is 0. The van der Waals surface area contributed by atoms with E-state index in [1.54, 1.807) is 0 Å². The van der Waals surface area contributed by atoms with Crippen molar-refractivity contribution < 1.29 is 0 Å². The van der Waals surface area contributed by atoms with Gasteiger partial charge in [-0.15, -0.1) is 0 Å². The molecule has 14 heavy (non-hydrogen) atoms. The minimum Gasteiger partial charge on any atom is -0.315 e. The number of nitrogens with zero attached hydrogens (tertiary/aromatic N) is 1. The average Bonchev–Trinajstić information content (AvgIpc) is 2.67. The predicted molar refractivity (Wildman–Crippen MR) is 55.2 cm³/mol. The number of aromatic amines is 1. The number of hydrogen-bond donors (Lipinski definition) is 2. The molecule has 1 aromatic rings. The van der Waals surface area contributed by atoms with Crippen LogP contribution in [0, 0.1) is 12.3 Å². The molecule has 1 aromatic heterocycles. The normalized spacial score (nSPS) is 29.4. The van der Waals surface area contributed by atoms with Crippen molar-refractivity contribution in [1.29, 1.82) is 0 Å². The number of rotatable bonds is 1. The zero-order chi connectivity index (χ0) is 9.60. The number of aryl methyl sites for hydroxylation is 1. The number of nitrogens with one attached hydrogen (secondary N) is 2. The fraction of sp³-hybridized carbons (Fsp3) is 0.727. The highest BCUT2D eigenvalue weighted by atomic mass is 15.1. The summed E-state index contributed by atoms with van der Waals surface area (Å²) in [6.07, 6.45) is 6.14. The van der Waals surface area contributed by atoms with Gasteiger partial charge in [-0.05, 0) is 30.7 Å². The zero-order valence-corrected chi connectivity index (χ0v) is 8.64. The monoisotopic (exact) mass is 191 g/mol. The van der Waals surface area contributed by atoms with Crippen molar-refractivity contribution in [1.82, 2.24) is 15.5 Å². The van der Waals surface area contributed by atoms with Gasteiger partial charge in [0.2, 0.25) is 0 Å². The van der Waals surface area contributed by atoms with Crippen LogP contribution in [0.15, 0.2) is 6.20 Å². The van der Waals surface area contributed by atoms with Crippen molar-refractivity contribution in [3.63, 3.8) is 0 Å². The molecule has 0 radical (unpaired) electrons. The lowest BCUT2D eigenvalue weighted by molar-refractivity contribution is 0.135. The van der Waals surface area contributed by atoms with Gasteiger partial charge in [0.25, 0.3) is 0 Å². The van der Waals surface area contributed by atoms with E-state index in [-0.39, 0.29) is 0 Å². The molecule has 1 aliphatic carbocycles. The third kappa shape index (κ3) is 0.989. The quantitative estimate of drug-likeness (QED) is 0.707. The molecule has 1 spiro atoms. The van der Waals surface area contributed by atoms with Crippen molar-refractivity contribution in [3.05, 3.63) is 17.5 Å². The maximum absolute atomic E-state index is 4.14. The summed E-state index contributed by atoms with van der Waals surface area (Å²) in [6.45, 7) is 4.49. The molecular formula is C11H17N3. The highest BCUT2D eigenvalue weighted by Crippen LogP contribution is 2.53. The first-order chi connectivity index (χ1) is 6.82. The lowest BCUT2D eigenvalue weighted by Crippen LogP contribution is -2.36. The second-order valence-electron chi connectivity index (χ2n) is 4.87. The van der Waals surface area contributed by atoms with Crippen LogP contribution in [0.5, 0.6) is 0 Å². The van der Waals surface area contributed by atoms with E-state index in [1.807, 2.05) is 6.20 Å². The standard InChI is InChI=1S/C11H17N3/c1-8-5-13-14-10(8)9-6-12-7-11(9)3-2-4-11/h5,9,12H,2-4,6-7H2,1H3,(H,13,14)/t9-/m1/s1. The van der Waals surface area contributed by atoms with E-state index in [9.17, 15) is 0 Å². The third-order valence-electron chi connectivity index (χ3n) is 4.13. The van der Waals surface area contributed by atoms with E-state index in [1.165, 1.54) is 37.1 Å². The van der Waals surface area contributed by atoms with E-state index in [0.29, 0.717) is 11.3 Å². The number of hydrogen-bond acceptors (Lipinski definition) is 2. The van der Waals surface area contributed by atoms with Gasteiger partial charge < -0.3 is 5.32 Å². The Morgan fingerprint density at radius 1 is 1.50 bits per heavy atom. The van der Waals surface area contributed by atoms with Crippen LogP contribution in [0.2, 0.25) is 0 Å². The van der Waals surface area contributed by atoms with Gasteiger partial charge in [0.15, 0.2) is 0 Å². The van der Waals surface area contributed by atoms with Gasteiger partial charge >= 0.3 is 0 Å². The molecule has 3 rings (SSSR count). The molecule has 2 fully saturated rings. The molecule has 76 valence electrons. The van der Waals surface area contributed by atoms with Crippen LogP contribution in [-0.2, 0) is 0 Å². The van der Waals surface area contributed by atoms with Gasteiger partial charge in [-0.2, -0.15) is 5.10 Å². The number of H-pyrrole nitrogens is 1. The summed E-state index contributed by atoms with van der Waals surface area (Å²) < 4.78 is 0. The molecule has 1 saturated heterocycles. The average molecular weight is 191 g/mol. The van der Waals surface area contributed by atoms with E-state index in [0.717, 1.165) is 6.54 Å². The Kier molecular flexibility index (Phi) is 1.71. The summed E-state index contributed by atoms with van der Waals surface area (Å²) in [5, 5.41) is 10.9. The van der Waals surface area contributed by atoms with E-state index < -0.39 is 0 Å². The van der Waals surface area contributed by atoms with Crippen molar-refractivity contribution in [2.45, 2.75) is 32.1 Å². The Labute approximate surface area is 84.3 Å². The number of aromatic nitrogens is 2.